The number of Topliss-reactive ketones (excluding diaryl/α,β-unsaturated/α-hetero) is 1. The fourth-order valence-electron chi connectivity index (χ4n) is 8.15. The molecule has 0 bridgehead atoms. The van der Waals surface area contributed by atoms with E-state index in [1.54, 1.807) is 6.92 Å². The lowest BCUT2D eigenvalue weighted by molar-refractivity contribution is -0.187. The van der Waals surface area contributed by atoms with Gasteiger partial charge in [-0.1, -0.05) is 51.3 Å². The number of aliphatic hydroxyl groups is 1. The number of unbranched alkanes of at least 4 members (excludes halogenated alkanes) is 2. The predicted octanol–water partition coefficient (Wildman–Crippen LogP) is 5.93. The SMILES string of the molecule is CCCCCC(=O)O[C@]1(C(C)=O)CC[C@H]2[C@@H]3C=C(C)C4=C[C@@H](O)CC[C@]4(C)[C@H]3CC[C@@]21C. The Morgan fingerprint density at radius 3 is 2.47 bits per heavy atom. The molecule has 0 heterocycles. The second-order valence-corrected chi connectivity index (χ2v) is 11.6. The molecule has 4 heteroatoms. The molecule has 7 atom stereocenters. The van der Waals surface area contributed by atoms with Gasteiger partial charge in [0.15, 0.2) is 11.4 Å². The molecular formula is C28H42O4. The normalized spacial score (nSPS) is 42.8. The Morgan fingerprint density at radius 1 is 1.06 bits per heavy atom. The van der Waals surface area contributed by atoms with Crippen LogP contribution in [0.25, 0.3) is 0 Å². The van der Waals surface area contributed by atoms with Gasteiger partial charge in [0.2, 0.25) is 0 Å². The highest BCUT2D eigenvalue weighted by molar-refractivity contribution is 5.89. The second-order valence-electron chi connectivity index (χ2n) is 11.6. The summed E-state index contributed by atoms with van der Waals surface area (Å²) in [5, 5.41) is 10.3. The van der Waals surface area contributed by atoms with E-state index in [0.29, 0.717) is 30.6 Å². The molecule has 0 saturated heterocycles. The molecule has 0 amide bonds. The summed E-state index contributed by atoms with van der Waals surface area (Å²) >= 11 is 0. The van der Waals surface area contributed by atoms with Gasteiger partial charge in [0.25, 0.3) is 0 Å². The largest absolute Gasteiger partial charge is 0.450 e. The summed E-state index contributed by atoms with van der Waals surface area (Å²) in [5.74, 6) is 1.08. The molecule has 32 heavy (non-hydrogen) atoms. The number of carbonyl (C=O) groups excluding carboxylic acids is 2. The van der Waals surface area contributed by atoms with E-state index in [4.69, 9.17) is 4.74 Å². The smallest absolute Gasteiger partial charge is 0.306 e. The number of hydrogen-bond donors (Lipinski definition) is 1. The molecular weight excluding hydrogens is 400 g/mol. The van der Waals surface area contributed by atoms with Crippen molar-refractivity contribution < 1.29 is 19.4 Å². The summed E-state index contributed by atoms with van der Waals surface area (Å²) < 4.78 is 6.18. The van der Waals surface area contributed by atoms with Gasteiger partial charge in [0.05, 0.1) is 6.10 Å². The van der Waals surface area contributed by atoms with E-state index in [2.05, 4.69) is 39.8 Å². The number of allylic oxidation sites excluding steroid dienone is 3. The second kappa shape index (κ2) is 8.42. The lowest BCUT2D eigenvalue weighted by Crippen LogP contribution is -2.58. The highest BCUT2D eigenvalue weighted by Gasteiger charge is 2.67. The first-order valence-electron chi connectivity index (χ1n) is 12.9. The fraction of sp³-hybridized carbons (Fsp3) is 0.786. The minimum absolute atomic E-state index is 0.0221. The van der Waals surface area contributed by atoms with Crippen LogP contribution in [0.15, 0.2) is 23.3 Å². The van der Waals surface area contributed by atoms with Crippen molar-refractivity contribution >= 4 is 11.8 Å². The summed E-state index contributed by atoms with van der Waals surface area (Å²) in [7, 11) is 0. The molecule has 4 nitrogen and oxygen atoms in total. The number of rotatable bonds is 6. The van der Waals surface area contributed by atoms with Gasteiger partial charge in [-0.05, 0) is 87.5 Å². The van der Waals surface area contributed by atoms with Crippen molar-refractivity contribution in [2.24, 2.45) is 28.6 Å². The van der Waals surface area contributed by atoms with E-state index in [9.17, 15) is 14.7 Å². The van der Waals surface area contributed by atoms with Gasteiger partial charge in [0.1, 0.15) is 0 Å². The molecule has 1 N–H and O–H groups in total. The summed E-state index contributed by atoms with van der Waals surface area (Å²) in [6.07, 6.45) is 12.9. The highest BCUT2D eigenvalue weighted by Crippen LogP contribution is 2.68. The Morgan fingerprint density at radius 2 is 1.78 bits per heavy atom. The first kappa shape index (κ1) is 23.7. The molecule has 4 aliphatic carbocycles. The first-order valence-corrected chi connectivity index (χ1v) is 12.9. The van der Waals surface area contributed by atoms with Gasteiger partial charge >= 0.3 is 5.97 Å². The monoisotopic (exact) mass is 442 g/mol. The van der Waals surface area contributed by atoms with Crippen LogP contribution >= 0.6 is 0 Å². The number of fused-ring (bicyclic) bond motifs is 5. The van der Waals surface area contributed by atoms with Gasteiger partial charge in [-0.2, -0.15) is 0 Å². The zero-order chi connectivity index (χ0) is 23.3. The van der Waals surface area contributed by atoms with Crippen LogP contribution in [0.2, 0.25) is 0 Å². The van der Waals surface area contributed by atoms with E-state index in [-0.39, 0.29) is 28.7 Å². The summed E-state index contributed by atoms with van der Waals surface area (Å²) in [6.45, 7) is 10.6. The molecule has 0 aromatic rings. The topological polar surface area (TPSA) is 63.6 Å². The summed E-state index contributed by atoms with van der Waals surface area (Å²) in [6, 6.07) is 0. The van der Waals surface area contributed by atoms with Crippen LogP contribution in [0.3, 0.4) is 0 Å². The molecule has 0 aliphatic heterocycles. The van der Waals surface area contributed by atoms with Crippen molar-refractivity contribution in [2.45, 2.75) is 111 Å². The zero-order valence-corrected chi connectivity index (χ0v) is 20.7. The quantitative estimate of drug-likeness (QED) is 0.409. The van der Waals surface area contributed by atoms with Gasteiger partial charge < -0.3 is 9.84 Å². The maximum atomic E-state index is 13.1. The van der Waals surface area contributed by atoms with E-state index in [1.807, 2.05) is 0 Å². The molecule has 0 radical (unpaired) electrons. The third-order valence-electron chi connectivity index (χ3n) is 9.91. The number of hydrogen-bond acceptors (Lipinski definition) is 4. The number of ether oxygens (including phenoxy) is 1. The van der Waals surface area contributed by atoms with Crippen LogP contribution in [-0.4, -0.2) is 28.6 Å². The zero-order valence-electron chi connectivity index (χ0n) is 20.7. The van der Waals surface area contributed by atoms with Crippen LogP contribution < -0.4 is 0 Å². The van der Waals surface area contributed by atoms with Crippen LogP contribution in [0.5, 0.6) is 0 Å². The van der Waals surface area contributed by atoms with E-state index >= 15 is 0 Å². The van der Waals surface area contributed by atoms with Crippen molar-refractivity contribution in [1.29, 1.82) is 0 Å². The first-order chi connectivity index (χ1) is 15.1. The summed E-state index contributed by atoms with van der Waals surface area (Å²) in [4.78, 5) is 25.9. The molecule has 4 rings (SSSR count). The van der Waals surface area contributed by atoms with Gasteiger partial charge in [-0.3, -0.25) is 9.59 Å². The van der Waals surface area contributed by atoms with Crippen molar-refractivity contribution in [1.82, 2.24) is 0 Å². The Bertz CT molecular complexity index is 840. The third-order valence-corrected chi connectivity index (χ3v) is 9.91. The molecule has 2 saturated carbocycles. The lowest BCUT2D eigenvalue weighted by Gasteiger charge is -2.58. The number of carbonyl (C=O) groups is 2. The standard InChI is InChI=1S/C28H42O4/c1-6-7-8-9-25(31)32-28(19(3)29)15-12-23-21-16-18(2)24-17-20(30)10-13-26(24,4)22(21)11-14-27(23,28)5/h16-17,20-23,30H,6-15H2,1-5H3/t20-,21+,22-,23-,26+,27-,28-/m0/s1. The average Bonchev–Trinajstić information content (AvgIpc) is 3.03. The Balaban J connectivity index is 1.66. The molecule has 178 valence electrons. The van der Waals surface area contributed by atoms with Crippen molar-refractivity contribution in [3.05, 3.63) is 23.3 Å². The van der Waals surface area contributed by atoms with Crippen molar-refractivity contribution in [2.75, 3.05) is 0 Å². The summed E-state index contributed by atoms with van der Waals surface area (Å²) in [5.41, 5.74) is 1.41. The van der Waals surface area contributed by atoms with Crippen molar-refractivity contribution in [3.63, 3.8) is 0 Å². The van der Waals surface area contributed by atoms with Crippen LogP contribution in [0.1, 0.15) is 98.8 Å². The Hall–Kier alpha value is -1.42. The van der Waals surface area contributed by atoms with Crippen LogP contribution in [0.4, 0.5) is 0 Å². The molecule has 2 fully saturated rings. The van der Waals surface area contributed by atoms with Gasteiger partial charge in [-0.25, -0.2) is 0 Å². The lowest BCUT2D eigenvalue weighted by atomic mass is 9.47. The van der Waals surface area contributed by atoms with Crippen LogP contribution in [0, 0.1) is 28.6 Å². The highest BCUT2D eigenvalue weighted by atomic mass is 16.6. The molecule has 0 spiro atoms. The molecule has 0 aromatic carbocycles. The predicted molar refractivity (Wildman–Crippen MR) is 126 cm³/mol. The van der Waals surface area contributed by atoms with Crippen LogP contribution in [-0.2, 0) is 14.3 Å². The third kappa shape index (κ3) is 3.43. The van der Waals surface area contributed by atoms with E-state index in [0.717, 1.165) is 51.4 Å². The maximum absolute atomic E-state index is 13.1. The molecule has 0 aromatic heterocycles. The Labute approximate surface area is 193 Å². The minimum atomic E-state index is -0.979. The number of ketones is 1. The minimum Gasteiger partial charge on any atom is -0.450 e. The average molecular weight is 443 g/mol. The van der Waals surface area contributed by atoms with E-state index in [1.165, 1.54) is 11.1 Å². The van der Waals surface area contributed by atoms with Gasteiger partial charge in [-0.15, -0.1) is 0 Å². The number of esters is 1. The van der Waals surface area contributed by atoms with E-state index < -0.39 is 5.60 Å². The molecule has 4 aliphatic rings. The number of aliphatic hydroxyl groups excluding tert-OH is 1. The molecule has 0 unspecified atom stereocenters. The van der Waals surface area contributed by atoms with Crippen molar-refractivity contribution in [3.8, 4) is 0 Å². The maximum Gasteiger partial charge on any atom is 0.306 e. The Kier molecular flexibility index (Phi) is 6.24. The fourth-order valence-corrected chi connectivity index (χ4v) is 8.15. The van der Waals surface area contributed by atoms with Gasteiger partial charge in [0, 0.05) is 11.8 Å².